The van der Waals surface area contributed by atoms with Crippen molar-refractivity contribution in [2.24, 2.45) is 0 Å². The average molecular weight is 329 g/mol. The Morgan fingerprint density at radius 3 is 3.06 bits per heavy atom. The third-order valence-electron chi connectivity index (χ3n) is 2.92. The van der Waals surface area contributed by atoms with Crippen molar-refractivity contribution in [3.63, 3.8) is 0 Å². The molecule has 0 spiro atoms. The molecule has 0 aliphatic carbocycles. The highest BCUT2D eigenvalue weighted by molar-refractivity contribution is 9.10. The molecule has 0 N–H and O–H groups in total. The van der Waals surface area contributed by atoms with E-state index in [0.717, 1.165) is 20.9 Å². The Bertz CT molecular complexity index is 578. The van der Waals surface area contributed by atoms with Gasteiger partial charge in [0.25, 0.3) is 0 Å². The van der Waals surface area contributed by atoms with E-state index in [1.165, 1.54) is 0 Å². The number of hydrogen-bond donors (Lipinski definition) is 0. The molecule has 3 nitrogen and oxygen atoms in total. The van der Waals surface area contributed by atoms with Crippen molar-refractivity contribution in [2.45, 2.75) is 12.4 Å². The molecule has 94 valence electrons. The van der Waals surface area contributed by atoms with Gasteiger partial charge < -0.3 is 9.47 Å². The van der Waals surface area contributed by atoms with Crippen molar-refractivity contribution in [2.75, 3.05) is 12.5 Å². The van der Waals surface area contributed by atoms with Crippen LogP contribution in [0.1, 0.15) is 11.9 Å². The van der Waals surface area contributed by atoms with Crippen molar-refractivity contribution in [3.05, 3.63) is 40.5 Å². The normalized spacial score (nSPS) is 23.7. The summed E-state index contributed by atoms with van der Waals surface area (Å²) >= 11 is 9.30. The molecular weight excluding hydrogens is 318 g/mol. The maximum Gasteiger partial charge on any atom is 0.186 e. The molecule has 5 heteroatoms. The second-order valence-electron chi connectivity index (χ2n) is 4.11. The Labute approximate surface area is 118 Å². The van der Waals surface area contributed by atoms with E-state index in [1.807, 2.05) is 24.3 Å². The van der Waals surface area contributed by atoms with Gasteiger partial charge in [0.15, 0.2) is 6.29 Å². The number of benzene rings is 1. The lowest BCUT2D eigenvalue weighted by molar-refractivity contribution is -0.0557. The van der Waals surface area contributed by atoms with Crippen LogP contribution >= 0.6 is 27.5 Å². The highest BCUT2D eigenvalue weighted by Crippen LogP contribution is 2.34. The van der Waals surface area contributed by atoms with E-state index in [1.54, 1.807) is 6.20 Å². The van der Waals surface area contributed by atoms with E-state index in [-0.39, 0.29) is 12.4 Å². The minimum absolute atomic E-state index is 0.0425. The second-order valence-corrected chi connectivity index (χ2v) is 5.28. The third-order valence-corrected chi connectivity index (χ3v) is 3.96. The van der Waals surface area contributed by atoms with Gasteiger partial charge >= 0.3 is 0 Å². The summed E-state index contributed by atoms with van der Waals surface area (Å²) in [7, 11) is 0. The monoisotopic (exact) mass is 327 g/mol. The summed E-state index contributed by atoms with van der Waals surface area (Å²) in [6, 6.07) is 7.89. The number of ether oxygens (including phenoxy) is 2. The lowest BCUT2D eigenvalue weighted by Crippen LogP contribution is -2.11. The van der Waals surface area contributed by atoms with Crippen molar-refractivity contribution in [1.29, 1.82) is 0 Å². The van der Waals surface area contributed by atoms with E-state index in [4.69, 9.17) is 21.1 Å². The maximum atomic E-state index is 5.78. The fourth-order valence-corrected chi connectivity index (χ4v) is 2.66. The summed E-state index contributed by atoms with van der Waals surface area (Å²) in [5.41, 5.74) is 1.84. The molecule has 0 bridgehead atoms. The highest BCUT2D eigenvalue weighted by atomic mass is 79.9. The predicted octanol–water partition coefficient (Wildman–Crippen LogP) is 3.65. The smallest absolute Gasteiger partial charge is 0.186 e. The largest absolute Gasteiger partial charge is 0.346 e. The van der Waals surface area contributed by atoms with E-state index in [2.05, 4.69) is 20.9 Å². The third kappa shape index (κ3) is 2.14. The summed E-state index contributed by atoms with van der Waals surface area (Å²) < 4.78 is 12.4. The van der Waals surface area contributed by atoms with Crippen LogP contribution < -0.4 is 0 Å². The maximum absolute atomic E-state index is 5.78. The minimum atomic E-state index is -0.376. The first-order valence-electron chi connectivity index (χ1n) is 5.66. The zero-order valence-electron chi connectivity index (χ0n) is 9.48. The summed E-state index contributed by atoms with van der Waals surface area (Å²) in [6.45, 7) is 0.526. The van der Waals surface area contributed by atoms with Crippen molar-refractivity contribution < 1.29 is 9.47 Å². The first kappa shape index (κ1) is 12.4. The molecule has 1 saturated heterocycles. The quantitative estimate of drug-likeness (QED) is 0.789. The van der Waals surface area contributed by atoms with Gasteiger partial charge in [-0.3, -0.25) is 4.98 Å². The first-order valence-corrected chi connectivity index (χ1v) is 6.98. The van der Waals surface area contributed by atoms with Crippen molar-refractivity contribution in [3.8, 4) is 0 Å². The number of pyridine rings is 1. The summed E-state index contributed by atoms with van der Waals surface area (Å²) in [5, 5.41) is 1.05. The average Bonchev–Trinajstić information content (AvgIpc) is 2.88. The van der Waals surface area contributed by atoms with Gasteiger partial charge in [-0.15, -0.1) is 11.6 Å². The summed E-state index contributed by atoms with van der Waals surface area (Å²) in [5.74, 6) is 0.443. The number of fused-ring (bicyclic) bond motifs is 1. The molecule has 1 aliphatic heterocycles. The highest BCUT2D eigenvalue weighted by Gasteiger charge is 2.28. The van der Waals surface area contributed by atoms with Gasteiger partial charge in [0.2, 0.25) is 0 Å². The molecule has 1 aromatic carbocycles. The summed E-state index contributed by atoms with van der Waals surface area (Å²) in [4.78, 5) is 4.41. The van der Waals surface area contributed by atoms with Crippen LogP contribution in [0.25, 0.3) is 10.9 Å². The van der Waals surface area contributed by atoms with Gasteiger partial charge in [-0.1, -0.05) is 28.1 Å². The molecule has 2 atom stereocenters. The van der Waals surface area contributed by atoms with Crippen molar-refractivity contribution in [1.82, 2.24) is 4.98 Å². The molecule has 1 aliphatic rings. The number of nitrogens with zero attached hydrogens (tertiary/aromatic N) is 1. The Kier molecular flexibility index (Phi) is 3.52. The Morgan fingerprint density at radius 1 is 1.39 bits per heavy atom. The zero-order valence-corrected chi connectivity index (χ0v) is 11.8. The molecular formula is C13H11BrClNO2. The molecule has 2 aromatic rings. The van der Waals surface area contributed by atoms with Crippen LogP contribution in [0.4, 0.5) is 0 Å². The number of aromatic nitrogens is 1. The molecule has 1 aromatic heterocycles. The van der Waals surface area contributed by atoms with Gasteiger partial charge in [-0.05, 0) is 12.1 Å². The van der Waals surface area contributed by atoms with E-state index in [9.17, 15) is 0 Å². The van der Waals surface area contributed by atoms with Crippen LogP contribution in [-0.2, 0) is 9.47 Å². The van der Waals surface area contributed by atoms with Crippen LogP contribution in [0.5, 0.6) is 0 Å². The van der Waals surface area contributed by atoms with Gasteiger partial charge in [-0.25, -0.2) is 0 Å². The van der Waals surface area contributed by atoms with Gasteiger partial charge in [0, 0.05) is 21.6 Å². The zero-order chi connectivity index (χ0) is 12.5. The Balaban J connectivity index is 2.05. The molecule has 1 fully saturated rings. The molecule has 2 unspecified atom stereocenters. The fraction of sp³-hybridized carbons (Fsp3) is 0.308. The lowest BCUT2D eigenvalue weighted by atomic mass is 10.1. The fourth-order valence-electron chi connectivity index (χ4n) is 2.04. The van der Waals surface area contributed by atoms with Crippen molar-refractivity contribution >= 4 is 38.4 Å². The second kappa shape index (κ2) is 5.13. The van der Waals surface area contributed by atoms with E-state index >= 15 is 0 Å². The van der Waals surface area contributed by atoms with Crippen LogP contribution in [-0.4, -0.2) is 23.6 Å². The van der Waals surface area contributed by atoms with Crippen LogP contribution in [0.2, 0.25) is 0 Å². The van der Waals surface area contributed by atoms with Crippen LogP contribution in [0.3, 0.4) is 0 Å². The number of alkyl halides is 1. The predicted molar refractivity (Wildman–Crippen MR) is 73.7 cm³/mol. The van der Waals surface area contributed by atoms with Gasteiger partial charge in [-0.2, -0.15) is 0 Å². The first-order chi connectivity index (χ1) is 8.79. The topological polar surface area (TPSA) is 31.4 Å². The van der Waals surface area contributed by atoms with Gasteiger partial charge in [0.1, 0.15) is 0 Å². The van der Waals surface area contributed by atoms with Crippen LogP contribution in [0, 0.1) is 0 Å². The Morgan fingerprint density at radius 2 is 2.28 bits per heavy atom. The van der Waals surface area contributed by atoms with E-state index in [0.29, 0.717) is 12.5 Å². The molecule has 18 heavy (non-hydrogen) atoms. The van der Waals surface area contributed by atoms with E-state index < -0.39 is 0 Å². The SMILES string of the molecule is ClCC1COC(c2ccc(Br)c3cccnc23)O1. The number of halogens is 2. The Hall–Kier alpha value is -0.680. The number of hydrogen-bond acceptors (Lipinski definition) is 3. The molecule has 2 heterocycles. The molecule has 3 rings (SSSR count). The minimum Gasteiger partial charge on any atom is -0.346 e. The standard InChI is InChI=1S/C13H11BrClNO2/c14-11-4-3-10(12-9(11)2-1-5-16-12)13-17-7-8(6-15)18-13/h1-5,8,13H,6-7H2. The molecule has 0 radical (unpaired) electrons. The molecule has 0 saturated carbocycles. The number of rotatable bonds is 2. The van der Waals surface area contributed by atoms with Gasteiger partial charge in [0.05, 0.1) is 24.1 Å². The lowest BCUT2D eigenvalue weighted by Gasteiger charge is -2.13. The summed E-state index contributed by atoms with van der Waals surface area (Å²) in [6.07, 6.45) is 1.35. The molecule has 0 amide bonds. The van der Waals surface area contributed by atoms with Crippen LogP contribution in [0.15, 0.2) is 34.9 Å².